The Hall–Kier alpha value is -2.40. The maximum Gasteiger partial charge on any atom is 0.416 e. The summed E-state index contributed by atoms with van der Waals surface area (Å²) in [6.07, 6.45) is -4.47. The minimum atomic E-state index is -4.47. The third-order valence-electron chi connectivity index (χ3n) is 3.32. The van der Waals surface area contributed by atoms with Crippen molar-refractivity contribution in [1.82, 2.24) is 20.2 Å². The summed E-state index contributed by atoms with van der Waals surface area (Å²) in [5.74, 6) is -0.530. The van der Waals surface area contributed by atoms with Gasteiger partial charge in [0.2, 0.25) is 11.1 Å². The Morgan fingerprint density at radius 2 is 1.93 bits per heavy atom. The van der Waals surface area contributed by atoms with Crippen molar-refractivity contribution in [3.63, 3.8) is 0 Å². The number of rotatable bonds is 5. The number of hydrogen-bond donors (Lipinski definition) is 1. The summed E-state index contributed by atoms with van der Waals surface area (Å²) in [6.45, 7) is 0. The van der Waals surface area contributed by atoms with E-state index in [-0.39, 0.29) is 11.4 Å². The van der Waals surface area contributed by atoms with E-state index in [1.807, 2.05) is 12.1 Å². The fraction of sp³-hybridized carbons (Fsp3) is 0.125. The van der Waals surface area contributed by atoms with Crippen molar-refractivity contribution < 1.29 is 18.0 Å². The van der Waals surface area contributed by atoms with Crippen molar-refractivity contribution in [2.45, 2.75) is 11.3 Å². The molecule has 0 bridgehead atoms. The first-order valence-corrected chi connectivity index (χ1v) is 9.25. The van der Waals surface area contributed by atoms with Crippen LogP contribution in [0.4, 0.5) is 18.9 Å². The Morgan fingerprint density at radius 3 is 2.63 bits per heavy atom. The molecule has 0 fully saturated rings. The summed E-state index contributed by atoms with van der Waals surface area (Å²) < 4.78 is 40.5. The fourth-order valence-electron chi connectivity index (χ4n) is 2.11. The molecule has 1 heterocycles. The topological polar surface area (TPSA) is 72.7 Å². The molecule has 6 nitrogen and oxygen atoms in total. The van der Waals surface area contributed by atoms with Gasteiger partial charge in [-0.1, -0.05) is 33.8 Å². The Balaban J connectivity index is 1.64. The maximum atomic E-state index is 12.7. The zero-order chi connectivity index (χ0) is 19.4. The summed E-state index contributed by atoms with van der Waals surface area (Å²) >= 11 is 4.41. The van der Waals surface area contributed by atoms with E-state index in [0.29, 0.717) is 10.8 Å². The van der Waals surface area contributed by atoms with Crippen LogP contribution in [0.25, 0.3) is 5.69 Å². The second kappa shape index (κ2) is 8.09. The summed E-state index contributed by atoms with van der Waals surface area (Å²) in [7, 11) is 0. The van der Waals surface area contributed by atoms with Crippen molar-refractivity contribution >= 4 is 39.3 Å². The van der Waals surface area contributed by atoms with Crippen molar-refractivity contribution in [3.8, 4) is 5.69 Å². The molecular formula is C16H11BrF3N5OS. The molecule has 0 saturated carbocycles. The summed E-state index contributed by atoms with van der Waals surface area (Å²) in [6, 6.07) is 11.7. The minimum absolute atomic E-state index is 0.0624. The van der Waals surface area contributed by atoms with Crippen LogP contribution in [-0.2, 0) is 11.0 Å². The zero-order valence-electron chi connectivity index (χ0n) is 13.4. The molecule has 0 atom stereocenters. The number of amides is 1. The van der Waals surface area contributed by atoms with E-state index in [0.717, 1.165) is 28.4 Å². The van der Waals surface area contributed by atoms with Crippen LogP contribution in [0.2, 0.25) is 0 Å². The molecule has 0 aliphatic heterocycles. The Labute approximate surface area is 164 Å². The van der Waals surface area contributed by atoms with Crippen LogP contribution < -0.4 is 5.32 Å². The average Bonchev–Trinajstić information content (AvgIpc) is 3.09. The number of nitrogens with zero attached hydrogens (tertiary/aromatic N) is 4. The molecule has 0 aliphatic rings. The Kier molecular flexibility index (Phi) is 5.80. The summed E-state index contributed by atoms with van der Waals surface area (Å²) in [5.41, 5.74) is -0.0425. The van der Waals surface area contributed by atoms with Crippen molar-refractivity contribution in [2.75, 3.05) is 11.1 Å². The zero-order valence-corrected chi connectivity index (χ0v) is 15.8. The van der Waals surface area contributed by atoms with Crippen molar-refractivity contribution in [1.29, 1.82) is 0 Å². The number of thioether (sulfide) groups is 1. The van der Waals surface area contributed by atoms with Crippen LogP contribution in [-0.4, -0.2) is 31.9 Å². The quantitative estimate of drug-likeness (QED) is 0.581. The predicted molar refractivity (Wildman–Crippen MR) is 97.7 cm³/mol. The van der Waals surface area contributed by atoms with Crippen molar-refractivity contribution in [3.05, 3.63) is 58.6 Å². The van der Waals surface area contributed by atoms with Crippen LogP contribution in [0.15, 0.2) is 58.2 Å². The van der Waals surface area contributed by atoms with Crippen LogP contribution in [0.5, 0.6) is 0 Å². The highest BCUT2D eigenvalue weighted by Gasteiger charge is 2.30. The standard InChI is InChI=1S/C16H11BrF3N5OS/c17-11-4-6-13(7-5-11)25-15(22-23-24-25)27-9-14(26)21-12-3-1-2-10(8-12)16(18,19)20/h1-8H,9H2,(H,21,26). The Bertz CT molecular complexity index is 946. The molecule has 27 heavy (non-hydrogen) atoms. The molecule has 0 radical (unpaired) electrons. The predicted octanol–water partition coefficient (Wildman–Crippen LogP) is 4.17. The molecule has 0 unspecified atom stereocenters. The number of alkyl halides is 3. The van der Waals surface area contributed by atoms with Crippen molar-refractivity contribution in [2.24, 2.45) is 0 Å². The van der Waals surface area contributed by atoms with E-state index in [1.54, 1.807) is 12.1 Å². The number of benzene rings is 2. The minimum Gasteiger partial charge on any atom is -0.325 e. The van der Waals surface area contributed by atoms with Gasteiger partial charge in [0, 0.05) is 10.2 Å². The van der Waals surface area contributed by atoms with E-state index < -0.39 is 17.6 Å². The lowest BCUT2D eigenvalue weighted by molar-refractivity contribution is -0.137. The smallest absolute Gasteiger partial charge is 0.325 e. The third kappa shape index (κ3) is 5.07. The molecule has 0 spiro atoms. The lowest BCUT2D eigenvalue weighted by Gasteiger charge is -2.09. The fourth-order valence-corrected chi connectivity index (χ4v) is 3.07. The molecule has 11 heteroatoms. The number of halogens is 4. The number of aromatic nitrogens is 4. The molecule has 1 aromatic heterocycles. The Morgan fingerprint density at radius 1 is 1.19 bits per heavy atom. The van der Waals surface area contributed by atoms with Gasteiger partial charge in [-0.2, -0.15) is 17.9 Å². The lowest BCUT2D eigenvalue weighted by atomic mass is 10.2. The molecule has 3 rings (SSSR count). The summed E-state index contributed by atoms with van der Waals surface area (Å²) in [4.78, 5) is 12.1. The van der Waals surface area contributed by atoms with E-state index >= 15 is 0 Å². The number of nitrogens with one attached hydrogen (secondary N) is 1. The van der Waals surface area contributed by atoms with Crippen LogP contribution >= 0.6 is 27.7 Å². The second-order valence-electron chi connectivity index (χ2n) is 5.27. The van der Waals surface area contributed by atoms with Gasteiger partial charge in [0.1, 0.15) is 0 Å². The largest absolute Gasteiger partial charge is 0.416 e. The number of hydrogen-bond acceptors (Lipinski definition) is 5. The first-order chi connectivity index (χ1) is 12.8. The van der Waals surface area contributed by atoms with Crippen LogP contribution in [0, 0.1) is 0 Å². The number of anilines is 1. The van der Waals surface area contributed by atoms with E-state index in [1.165, 1.54) is 16.8 Å². The molecule has 0 saturated heterocycles. The lowest BCUT2D eigenvalue weighted by Crippen LogP contribution is -2.15. The number of tetrazole rings is 1. The monoisotopic (exact) mass is 457 g/mol. The van der Waals surface area contributed by atoms with Crippen LogP contribution in [0.1, 0.15) is 5.56 Å². The van der Waals surface area contributed by atoms with Gasteiger partial charge in [-0.05, 0) is 52.9 Å². The highest BCUT2D eigenvalue weighted by molar-refractivity contribution is 9.10. The van der Waals surface area contributed by atoms with Gasteiger partial charge >= 0.3 is 6.18 Å². The van der Waals surface area contributed by atoms with E-state index in [9.17, 15) is 18.0 Å². The van der Waals surface area contributed by atoms with E-state index in [2.05, 4.69) is 36.8 Å². The second-order valence-corrected chi connectivity index (χ2v) is 7.12. The molecule has 3 aromatic rings. The molecule has 140 valence electrons. The van der Waals surface area contributed by atoms with Crippen LogP contribution in [0.3, 0.4) is 0 Å². The molecule has 1 amide bonds. The summed E-state index contributed by atoms with van der Waals surface area (Å²) in [5, 5.41) is 14.2. The number of carbonyl (C=O) groups is 1. The van der Waals surface area contributed by atoms with E-state index in [4.69, 9.17) is 0 Å². The number of carbonyl (C=O) groups excluding carboxylic acids is 1. The van der Waals surface area contributed by atoms with Gasteiger partial charge in [-0.3, -0.25) is 4.79 Å². The molecular weight excluding hydrogens is 447 g/mol. The third-order valence-corrected chi connectivity index (χ3v) is 4.77. The molecule has 1 N–H and O–H groups in total. The first-order valence-electron chi connectivity index (χ1n) is 7.47. The molecule has 2 aromatic carbocycles. The van der Waals surface area contributed by atoms with Gasteiger partial charge < -0.3 is 5.32 Å². The SMILES string of the molecule is O=C(CSc1nnnn1-c1ccc(Br)cc1)Nc1cccc(C(F)(F)F)c1. The normalized spacial score (nSPS) is 11.4. The molecule has 0 aliphatic carbocycles. The van der Waals surface area contributed by atoms with Gasteiger partial charge in [0.25, 0.3) is 0 Å². The first kappa shape index (κ1) is 19.4. The average molecular weight is 458 g/mol. The van der Waals surface area contributed by atoms with Gasteiger partial charge in [0.05, 0.1) is 17.0 Å². The maximum absolute atomic E-state index is 12.7. The highest BCUT2D eigenvalue weighted by Crippen LogP contribution is 2.30. The van der Waals surface area contributed by atoms with Gasteiger partial charge in [-0.15, -0.1) is 5.10 Å². The van der Waals surface area contributed by atoms with Gasteiger partial charge in [0.15, 0.2) is 0 Å². The van der Waals surface area contributed by atoms with Gasteiger partial charge in [-0.25, -0.2) is 0 Å². The highest BCUT2D eigenvalue weighted by atomic mass is 79.9.